The van der Waals surface area contributed by atoms with E-state index < -0.39 is 0 Å². The van der Waals surface area contributed by atoms with Gasteiger partial charge in [-0.15, -0.1) is 0 Å². The first kappa shape index (κ1) is 21.4. The molecule has 1 saturated heterocycles. The Hall–Kier alpha value is -4.42. The summed E-state index contributed by atoms with van der Waals surface area (Å²) >= 11 is 5.88. The van der Waals surface area contributed by atoms with Gasteiger partial charge < -0.3 is 0 Å². The monoisotopic (exact) mass is 460 g/mol. The number of para-hydroxylation sites is 3. The number of thiocarbonyl (C=S) groups is 1. The highest BCUT2D eigenvalue weighted by Crippen LogP contribution is 2.29. The van der Waals surface area contributed by atoms with Gasteiger partial charge in [-0.05, 0) is 60.7 Å². The van der Waals surface area contributed by atoms with Gasteiger partial charge in [-0.2, -0.15) is 0 Å². The third kappa shape index (κ3) is 4.27. The molecule has 0 atom stereocenters. The lowest BCUT2D eigenvalue weighted by molar-refractivity contribution is 0.0907. The van der Waals surface area contributed by atoms with Crippen molar-refractivity contribution in [2.45, 2.75) is 0 Å². The summed E-state index contributed by atoms with van der Waals surface area (Å²) in [6.45, 7) is 0. The predicted octanol–water partition coefficient (Wildman–Crippen LogP) is 6.39. The van der Waals surface area contributed by atoms with Crippen LogP contribution in [-0.2, 0) is 0 Å². The number of amidine groups is 2. The number of amides is 1. The quantitative estimate of drug-likeness (QED) is 0.331. The summed E-state index contributed by atoms with van der Waals surface area (Å²) in [6, 6.07) is 37.8. The SMILES string of the molecule is O=C(c1ccccc1)N1C(=S)N(c2ccccc2)C(=Nc2ccccc2)C1=Nc1ccccc1. The Morgan fingerprint density at radius 3 is 1.56 bits per heavy atom. The number of aliphatic imine (C=N–C) groups is 2. The summed E-state index contributed by atoms with van der Waals surface area (Å²) in [5, 5.41) is 0.296. The molecule has 34 heavy (non-hydrogen) atoms. The van der Waals surface area contributed by atoms with Crippen LogP contribution in [0.2, 0.25) is 0 Å². The van der Waals surface area contributed by atoms with Crippen LogP contribution in [0.5, 0.6) is 0 Å². The van der Waals surface area contributed by atoms with Crippen LogP contribution in [0.25, 0.3) is 0 Å². The molecule has 4 aromatic rings. The second-order valence-corrected chi connectivity index (χ2v) is 7.87. The van der Waals surface area contributed by atoms with Crippen LogP contribution in [0.15, 0.2) is 131 Å². The van der Waals surface area contributed by atoms with Gasteiger partial charge in [-0.25, -0.2) is 14.9 Å². The van der Waals surface area contributed by atoms with Crippen molar-refractivity contribution < 1.29 is 4.79 Å². The van der Waals surface area contributed by atoms with Crippen LogP contribution < -0.4 is 4.90 Å². The lowest BCUT2D eigenvalue weighted by Crippen LogP contribution is -2.38. The maximum Gasteiger partial charge on any atom is 0.265 e. The fourth-order valence-corrected chi connectivity index (χ4v) is 3.99. The second kappa shape index (κ2) is 9.60. The van der Waals surface area contributed by atoms with Gasteiger partial charge in [-0.3, -0.25) is 9.69 Å². The molecule has 1 aliphatic heterocycles. The molecule has 5 rings (SSSR count). The van der Waals surface area contributed by atoms with E-state index in [1.54, 1.807) is 17.0 Å². The molecule has 1 aliphatic rings. The normalized spacial score (nSPS) is 15.8. The zero-order valence-corrected chi connectivity index (χ0v) is 19.0. The summed E-state index contributed by atoms with van der Waals surface area (Å²) < 4.78 is 0. The highest BCUT2D eigenvalue weighted by molar-refractivity contribution is 7.80. The predicted molar refractivity (Wildman–Crippen MR) is 141 cm³/mol. The van der Waals surface area contributed by atoms with E-state index in [2.05, 4.69) is 0 Å². The van der Waals surface area contributed by atoms with E-state index in [1.165, 1.54) is 4.90 Å². The zero-order valence-electron chi connectivity index (χ0n) is 18.2. The fourth-order valence-electron chi connectivity index (χ4n) is 3.63. The summed E-state index contributed by atoms with van der Waals surface area (Å²) in [7, 11) is 0. The Bertz CT molecular complexity index is 1370. The Balaban J connectivity index is 1.73. The average molecular weight is 461 g/mol. The first-order chi connectivity index (χ1) is 16.7. The number of carbonyl (C=O) groups is 1. The average Bonchev–Trinajstić information content (AvgIpc) is 3.16. The van der Waals surface area contributed by atoms with E-state index >= 15 is 0 Å². The molecule has 0 N–H and O–H groups in total. The van der Waals surface area contributed by atoms with Crippen molar-refractivity contribution in [1.29, 1.82) is 0 Å². The van der Waals surface area contributed by atoms with Gasteiger partial charge in [0.2, 0.25) is 0 Å². The number of rotatable bonds is 4. The molecular weight excluding hydrogens is 440 g/mol. The molecule has 1 heterocycles. The molecule has 5 nitrogen and oxygen atoms in total. The van der Waals surface area contributed by atoms with Crippen LogP contribution in [0.4, 0.5) is 17.1 Å². The first-order valence-corrected chi connectivity index (χ1v) is 11.2. The molecule has 0 spiro atoms. The Kier molecular flexibility index (Phi) is 6.05. The maximum atomic E-state index is 13.7. The van der Waals surface area contributed by atoms with Crippen molar-refractivity contribution in [3.05, 3.63) is 127 Å². The van der Waals surface area contributed by atoms with E-state index in [9.17, 15) is 4.79 Å². The van der Waals surface area contributed by atoms with Crippen molar-refractivity contribution in [1.82, 2.24) is 4.90 Å². The fraction of sp³-hybridized carbons (Fsp3) is 0. The molecule has 0 bridgehead atoms. The minimum absolute atomic E-state index is 0.264. The molecular formula is C28H20N4OS. The number of nitrogens with zero attached hydrogens (tertiary/aromatic N) is 4. The summed E-state index contributed by atoms with van der Waals surface area (Å²) in [4.78, 5) is 26.7. The smallest absolute Gasteiger partial charge is 0.265 e. The first-order valence-electron chi connectivity index (χ1n) is 10.8. The van der Waals surface area contributed by atoms with Gasteiger partial charge in [-0.1, -0.05) is 72.8 Å². The van der Waals surface area contributed by atoms with E-state index in [0.29, 0.717) is 28.0 Å². The van der Waals surface area contributed by atoms with Gasteiger partial charge in [0.1, 0.15) is 0 Å². The number of anilines is 1. The summed E-state index contributed by atoms with van der Waals surface area (Å²) in [5.41, 5.74) is 2.74. The molecule has 0 aromatic heterocycles. The molecule has 4 aromatic carbocycles. The topological polar surface area (TPSA) is 48.3 Å². The van der Waals surface area contributed by atoms with E-state index in [4.69, 9.17) is 22.2 Å². The van der Waals surface area contributed by atoms with Gasteiger partial charge in [0.15, 0.2) is 16.8 Å². The number of carbonyl (C=O) groups excluding carboxylic acids is 1. The van der Waals surface area contributed by atoms with Gasteiger partial charge in [0, 0.05) is 11.3 Å². The number of benzene rings is 4. The Morgan fingerprint density at radius 2 is 1.03 bits per heavy atom. The van der Waals surface area contributed by atoms with Gasteiger partial charge >= 0.3 is 0 Å². The van der Waals surface area contributed by atoms with Crippen molar-refractivity contribution in [2.24, 2.45) is 9.98 Å². The third-order valence-electron chi connectivity index (χ3n) is 5.23. The highest BCUT2D eigenvalue weighted by Gasteiger charge is 2.42. The van der Waals surface area contributed by atoms with Crippen LogP contribution in [0.3, 0.4) is 0 Å². The maximum absolute atomic E-state index is 13.7. The molecule has 1 amide bonds. The Morgan fingerprint density at radius 1 is 0.588 bits per heavy atom. The summed E-state index contributed by atoms with van der Waals surface area (Å²) in [5.74, 6) is 0.591. The molecule has 6 heteroatoms. The van der Waals surface area contributed by atoms with Crippen molar-refractivity contribution >= 4 is 52.0 Å². The van der Waals surface area contributed by atoms with Crippen LogP contribution in [0, 0.1) is 0 Å². The molecule has 0 saturated carbocycles. The lowest BCUT2D eigenvalue weighted by Gasteiger charge is -2.19. The number of hydrogen-bond donors (Lipinski definition) is 0. The largest absolute Gasteiger partial charge is 0.268 e. The van der Waals surface area contributed by atoms with Crippen molar-refractivity contribution in [2.75, 3.05) is 4.90 Å². The lowest BCUT2D eigenvalue weighted by atomic mass is 10.2. The van der Waals surface area contributed by atoms with Crippen LogP contribution in [-0.4, -0.2) is 27.6 Å². The van der Waals surface area contributed by atoms with Gasteiger partial charge in [0.05, 0.1) is 11.4 Å². The van der Waals surface area contributed by atoms with Crippen LogP contribution >= 0.6 is 12.2 Å². The van der Waals surface area contributed by atoms with E-state index in [1.807, 2.05) is 109 Å². The van der Waals surface area contributed by atoms with Crippen molar-refractivity contribution in [3.63, 3.8) is 0 Å². The van der Waals surface area contributed by atoms with Gasteiger partial charge in [0.25, 0.3) is 5.91 Å². The van der Waals surface area contributed by atoms with Crippen molar-refractivity contribution in [3.8, 4) is 0 Å². The minimum Gasteiger partial charge on any atom is -0.268 e. The highest BCUT2D eigenvalue weighted by atomic mass is 32.1. The zero-order chi connectivity index (χ0) is 23.3. The molecule has 0 aliphatic carbocycles. The Labute approximate surface area is 203 Å². The third-order valence-corrected chi connectivity index (χ3v) is 5.59. The number of hydrogen-bond acceptors (Lipinski definition) is 4. The van der Waals surface area contributed by atoms with E-state index in [0.717, 1.165) is 11.4 Å². The minimum atomic E-state index is -0.264. The van der Waals surface area contributed by atoms with Crippen LogP contribution in [0.1, 0.15) is 10.4 Å². The second-order valence-electron chi connectivity index (χ2n) is 7.50. The standard InChI is InChI=1S/C28H20N4OS/c33-27(21-13-5-1-6-14-21)32-26(30-23-17-9-3-10-18-23)25(29-22-15-7-2-8-16-22)31(28(32)34)24-19-11-4-12-20-24/h1-20H. The molecule has 0 unspecified atom stereocenters. The molecule has 164 valence electrons. The van der Waals surface area contributed by atoms with E-state index in [-0.39, 0.29) is 5.91 Å². The summed E-state index contributed by atoms with van der Waals surface area (Å²) in [6.07, 6.45) is 0. The molecule has 0 radical (unpaired) electrons. The molecule has 1 fully saturated rings.